The van der Waals surface area contributed by atoms with Gasteiger partial charge in [-0.05, 0) is 29.8 Å². The zero-order valence-corrected chi connectivity index (χ0v) is 19.9. The Morgan fingerprint density at radius 3 is 2.69 bits per heavy atom. The molecule has 0 saturated carbocycles. The minimum Gasteiger partial charge on any atom is -0.383 e. The van der Waals surface area contributed by atoms with Crippen LogP contribution in [0.25, 0.3) is 11.0 Å². The fourth-order valence-electron chi connectivity index (χ4n) is 3.77. The van der Waals surface area contributed by atoms with E-state index in [9.17, 15) is 9.59 Å². The van der Waals surface area contributed by atoms with Crippen LogP contribution in [0.4, 0.5) is 0 Å². The number of fused-ring (bicyclic) bond motifs is 1. The van der Waals surface area contributed by atoms with E-state index in [0.717, 1.165) is 5.52 Å². The summed E-state index contributed by atoms with van der Waals surface area (Å²) in [4.78, 5) is 32.9. The fraction of sp³-hybridized carbons (Fsp3) is 0.240. The van der Waals surface area contributed by atoms with Crippen molar-refractivity contribution in [3.63, 3.8) is 0 Å². The Morgan fingerprint density at radius 1 is 1.11 bits per heavy atom. The normalized spacial score (nSPS) is 11.8. The predicted octanol–water partition coefficient (Wildman–Crippen LogP) is 3.01. The van der Waals surface area contributed by atoms with Gasteiger partial charge < -0.3 is 15.0 Å². The third-order valence-corrected chi connectivity index (χ3v) is 5.86. The number of benzene rings is 2. The highest BCUT2D eigenvalue weighted by Crippen LogP contribution is 2.26. The topological polar surface area (TPSA) is 102 Å². The lowest BCUT2D eigenvalue weighted by Gasteiger charge is -2.31. The van der Waals surface area contributed by atoms with E-state index in [4.69, 9.17) is 16.3 Å². The van der Waals surface area contributed by atoms with Gasteiger partial charge in [-0.3, -0.25) is 14.6 Å². The summed E-state index contributed by atoms with van der Waals surface area (Å²) in [6.07, 6.45) is 3.20. The summed E-state index contributed by atoms with van der Waals surface area (Å²) < 4.78 is 6.59. The van der Waals surface area contributed by atoms with Gasteiger partial charge >= 0.3 is 0 Å². The zero-order chi connectivity index (χ0) is 24.6. The molecule has 2 aromatic heterocycles. The molecule has 0 aliphatic carbocycles. The van der Waals surface area contributed by atoms with Gasteiger partial charge in [0.1, 0.15) is 18.1 Å². The molecule has 0 spiro atoms. The van der Waals surface area contributed by atoms with Gasteiger partial charge in [0.05, 0.1) is 12.1 Å². The molecular weight excluding hydrogens is 468 g/mol. The summed E-state index contributed by atoms with van der Waals surface area (Å²) in [7, 11) is 1.56. The number of nitrogens with one attached hydrogen (secondary N) is 1. The number of hydrogen-bond donors (Lipinski definition) is 1. The third kappa shape index (κ3) is 5.82. The van der Waals surface area contributed by atoms with Crippen LogP contribution in [-0.4, -0.2) is 57.0 Å². The Labute approximate surface area is 207 Å². The van der Waals surface area contributed by atoms with Crippen molar-refractivity contribution in [3.05, 3.63) is 89.2 Å². The van der Waals surface area contributed by atoms with Crippen LogP contribution in [0.3, 0.4) is 0 Å². The molecule has 2 heterocycles. The molecule has 2 amide bonds. The van der Waals surface area contributed by atoms with Crippen molar-refractivity contribution >= 4 is 34.4 Å². The molecule has 1 unspecified atom stereocenters. The van der Waals surface area contributed by atoms with Crippen LogP contribution in [-0.2, 0) is 27.4 Å². The van der Waals surface area contributed by atoms with Crippen molar-refractivity contribution in [2.75, 3.05) is 20.3 Å². The molecule has 0 saturated heterocycles. The Kier molecular flexibility index (Phi) is 8.02. The van der Waals surface area contributed by atoms with Gasteiger partial charge in [0.25, 0.3) is 0 Å². The minimum absolute atomic E-state index is 0.104. The predicted molar refractivity (Wildman–Crippen MR) is 131 cm³/mol. The van der Waals surface area contributed by atoms with E-state index in [1.165, 1.54) is 9.58 Å². The summed E-state index contributed by atoms with van der Waals surface area (Å²) in [5.74, 6) is -0.671. The molecule has 2 aromatic carbocycles. The molecule has 0 aliphatic heterocycles. The van der Waals surface area contributed by atoms with Crippen molar-refractivity contribution in [2.45, 2.75) is 19.1 Å². The largest absolute Gasteiger partial charge is 0.383 e. The number of halogens is 1. The van der Waals surface area contributed by atoms with Gasteiger partial charge in [-0.2, -0.15) is 0 Å². The smallest absolute Gasteiger partial charge is 0.247 e. The van der Waals surface area contributed by atoms with Crippen molar-refractivity contribution in [1.29, 1.82) is 0 Å². The van der Waals surface area contributed by atoms with Gasteiger partial charge in [0.2, 0.25) is 11.8 Å². The van der Waals surface area contributed by atoms with E-state index < -0.39 is 6.04 Å². The molecule has 0 fully saturated rings. The Morgan fingerprint density at radius 2 is 1.91 bits per heavy atom. The molecule has 1 N–H and O–H groups in total. The lowest BCUT2D eigenvalue weighted by Crippen LogP contribution is -2.45. The lowest BCUT2D eigenvalue weighted by molar-refractivity contribution is -0.142. The van der Waals surface area contributed by atoms with Crippen molar-refractivity contribution < 1.29 is 14.3 Å². The maximum absolute atomic E-state index is 13.8. The number of nitrogens with zero attached hydrogens (tertiary/aromatic N) is 5. The van der Waals surface area contributed by atoms with E-state index >= 15 is 0 Å². The summed E-state index contributed by atoms with van der Waals surface area (Å²) in [6.45, 7) is 0.651. The van der Waals surface area contributed by atoms with Gasteiger partial charge in [-0.1, -0.05) is 53.2 Å². The van der Waals surface area contributed by atoms with E-state index in [1.807, 2.05) is 42.5 Å². The summed E-state index contributed by atoms with van der Waals surface area (Å²) in [5.41, 5.74) is 2.69. The molecule has 180 valence electrons. The van der Waals surface area contributed by atoms with Crippen LogP contribution in [0.5, 0.6) is 0 Å². The number of para-hydroxylation sites is 1. The monoisotopic (exact) mass is 492 g/mol. The van der Waals surface area contributed by atoms with Crippen molar-refractivity contribution in [1.82, 2.24) is 30.2 Å². The van der Waals surface area contributed by atoms with Gasteiger partial charge in [-0.25, -0.2) is 4.68 Å². The second kappa shape index (κ2) is 11.5. The molecule has 4 aromatic rings. The van der Waals surface area contributed by atoms with Crippen LogP contribution >= 0.6 is 11.6 Å². The van der Waals surface area contributed by atoms with Gasteiger partial charge in [-0.15, -0.1) is 5.10 Å². The number of carbonyl (C=O) groups is 2. The van der Waals surface area contributed by atoms with Gasteiger partial charge in [0, 0.05) is 43.2 Å². The second-order valence-electron chi connectivity index (χ2n) is 7.82. The second-order valence-corrected chi connectivity index (χ2v) is 8.23. The average Bonchev–Trinajstić information content (AvgIpc) is 3.28. The minimum atomic E-state index is -0.945. The number of hydrogen-bond acceptors (Lipinski definition) is 6. The van der Waals surface area contributed by atoms with E-state index in [-0.39, 0.29) is 24.9 Å². The first-order chi connectivity index (χ1) is 17.1. The Balaban J connectivity index is 1.72. The van der Waals surface area contributed by atoms with Gasteiger partial charge in [0.15, 0.2) is 0 Å². The number of amides is 2. The number of rotatable bonds is 10. The van der Waals surface area contributed by atoms with E-state index in [1.54, 1.807) is 37.7 Å². The molecule has 35 heavy (non-hydrogen) atoms. The molecule has 0 bridgehead atoms. The average molecular weight is 493 g/mol. The van der Waals surface area contributed by atoms with Crippen LogP contribution < -0.4 is 5.32 Å². The fourth-order valence-corrected chi connectivity index (χ4v) is 3.97. The lowest BCUT2D eigenvalue weighted by atomic mass is 10.0. The molecule has 0 radical (unpaired) electrons. The molecule has 10 heteroatoms. The number of carbonyl (C=O) groups excluding carboxylic acids is 2. The molecule has 4 rings (SSSR count). The quantitative estimate of drug-likeness (QED) is 0.341. The number of pyridine rings is 1. The SMILES string of the molecule is COCCNC(=O)C(c1cccnc1)N(Cc1ccccc1Cl)C(=O)Cn1nnc2ccccc21. The Bertz CT molecular complexity index is 1300. The number of ether oxygens (including phenoxy) is 1. The van der Waals surface area contributed by atoms with Crippen LogP contribution in [0.15, 0.2) is 73.1 Å². The molecule has 9 nitrogen and oxygen atoms in total. The zero-order valence-electron chi connectivity index (χ0n) is 19.2. The first-order valence-electron chi connectivity index (χ1n) is 11.1. The standard InChI is InChI=1S/C25H25ClN6O3/c1-35-14-13-28-25(34)24(18-8-6-12-27-15-18)31(16-19-7-2-3-9-20(19)26)23(33)17-32-22-11-5-4-10-21(22)29-30-32/h2-12,15,24H,13-14,16-17H2,1H3,(H,28,34). The molecule has 0 aliphatic rings. The molecule has 1 atom stereocenters. The van der Waals surface area contributed by atoms with E-state index in [0.29, 0.717) is 34.8 Å². The Hall–Kier alpha value is -3.82. The van der Waals surface area contributed by atoms with Crippen LogP contribution in [0.2, 0.25) is 5.02 Å². The molecular formula is C25H25ClN6O3. The third-order valence-electron chi connectivity index (χ3n) is 5.49. The van der Waals surface area contributed by atoms with Crippen LogP contribution in [0.1, 0.15) is 17.2 Å². The first-order valence-corrected chi connectivity index (χ1v) is 11.4. The van der Waals surface area contributed by atoms with Crippen molar-refractivity contribution in [2.24, 2.45) is 0 Å². The van der Waals surface area contributed by atoms with Crippen molar-refractivity contribution in [3.8, 4) is 0 Å². The highest BCUT2D eigenvalue weighted by molar-refractivity contribution is 6.31. The first kappa shape index (κ1) is 24.3. The summed E-state index contributed by atoms with van der Waals surface area (Å²) in [6, 6.07) is 17.2. The van der Waals surface area contributed by atoms with E-state index in [2.05, 4.69) is 20.6 Å². The maximum atomic E-state index is 13.8. The maximum Gasteiger partial charge on any atom is 0.247 e. The van der Waals surface area contributed by atoms with Crippen LogP contribution in [0, 0.1) is 0 Å². The highest BCUT2D eigenvalue weighted by Gasteiger charge is 2.32. The number of aromatic nitrogens is 4. The highest BCUT2D eigenvalue weighted by atomic mass is 35.5. The summed E-state index contributed by atoms with van der Waals surface area (Å²) >= 11 is 6.43. The number of methoxy groups -OCH3 is 1. The summed E-state index contributed by atoms with van der Waals surface area (Å²) in [5, 5.41) is 11.6.